The monoisotopic (exact) mass is 480 g/mol. The van der Waals surface area contributed by atoms with Gasteiger partial charge in [-0.3, -0.25) is 19.7 Å². The maximum atomic E-state index is 12.5. The number of carbonyl (C=O) groups is 2. The summed E-state index contributed by atoms with van der Waals surface area (Å²) in [6, 6.07) is 4.87. The first-order valence-corrected chi connectivity index (χ1v) is 12.7. The van der Waals surface area contributed by atoms with Crippen LogP contribution >= 0.6 is 23.1 Å². The Morgan fingerprint density at radius 3 is 2.88 bits per heavy atom. The number of rotatable bonds is 9. The highest BCUT2D eigenvalue weighted by molar-refractivity contribution is 8.00. The van der Waals surface area contributed by atoms with E-state index in [1.807, 2.05) is 16.4 Å². The molecule has 2 amide bonds. The lowest BCUT2D eigenvalue weighted by Crippen LogP contribution is -2.43. The summed E-state index contributed by atoms with van der Waals surface area (Å²) < 4.78 is 7.97. The van der Waals surface area contributed by atoms with Crippen LogP contribution in [0.3, 0.4) is 0 Å². The van der Waals surface area contributed by atoms with Gasteiger partial charge in [-0.25, -0.2) is 0 Å². The number of amides is 2. The molecule has 1 aliphatic rings. The largest absolute Gasteiger partial charge is 0.380 e. The van der Waals surface area contributed by atoms with Gasteiger partial charge in [-0.15, -0.1) is 11.8 Å². The van der Waals surface area contributed by atoms with Crippen LogP contribution in [-0.4, -0.2) is 63.5 Å². The summed E-state index contributed by atoms with van der Waals surface area (Å²) in [5, 5.41) is 11.1. The van der Waals surface area contributed by atoms with E-state index in [9.17, 15) is 19.7 Å². The number of fused-ring (bicyclic) bond motifs is 1. The number of hydrogen-bond acceptors (Lipinski definition) is 7. The Kier molecular flexibility index (Phi) is 8.83. The van der Waals surface area contributed by atoms with E-state index in [0.29, 0.717) is 29.3 Å². The van der Waals surface area contributed by atoms with Gasteiger partial charge in [0.2, 0.25) is 5.91 Å². The standard InChI is InChI=1S/C21H28N4O5S2/c1-3-30-11-10-24-17-8-7-16(25(28)29)12-18(17)32-21(24)22-19(26)13-31-14-20(27)23-9-5-4-6-15(23)2/h7-8,12,15H,3-6,9-11,13-14H2,1-2H3. The molecule has 0 aliphatic carbocycles. The smallest absolute Gasteiger partial charge is 0.270 e. The van der Waals surface area contributed by atoms with Crippen molar-refractivity contribution in [3.05, 3.63) is 33.1 Å². The molecule has 11 heteroatoms. The Labute approximate surface area is 194 Å². The van der Waals surface area contributed by atoms with E-state index < -0.39 is 4.92 Å². The number of carbonyl (C=O) groups excluding carboxylic acids is 2. The number of benzene rings is 1. The molecule has 1 fully saturated rings. The molecule has 1 atom stereocenters. The third kappa shape index (κ3) is 6.17. The molecule has 0 bridgehead atoms. The summed E-state index contributed by atoms with van der Waals surface area (Å²) in [5.41, 5.74) is 0.767. The SMILES string of the molecule is CCOCCn1c(=NC(=O)CSCC(=O)N2CCCCC2C)sc2cc([N+](=O)[O-])ccc21. The minimum atomic E-state index is -0.442. The lowest BCUT2D eigenvalue weighted by atomic mass is 10.0. The maximum Gasteiger partial charge on any atom is 0.270 e. The van der Waals surface area contributed by atoms with Gasteiger partial charge in [0.1, 0.15) is 0 Å². The van der Waals surface area contributed by atoms with Crippen molar-refractivity contribution < 1.29 is 19.2 Å². The van der Waals surface area contributed by atoms with Crippen LogP contribution in [0.15, 0.2) is 23.2 Å². The Balaban J connectivity index is 1.72. The van der Waals surface area contributed by atoms with Crippen molar-refractivity contribution in [2.24, 2.45) is 4.99 Å². The van der Waals surface area contributed by atoms with Gasteiger partial charge >= 0.3 is 0 Å². The molecule has 0 spiro atoms. The lowest BCUT2D eigenvalue weighted by Gasteiger charge is -2.33. The molecule has 32 heavy (non-hydrogen) atoms. The minimum absolute atomic E-state index is 0.00501. The first-order chi connectivity index (χ1) is 15.4. The number of ether oxygens (including phenoxy) is 1. The Morgan fingerprint density at radius 1 is 1.34 bits per heavy atom. The topological polar surface area (TPSA) is 107 Å². The molecule has 3 rings (SSSR count). The minimum Gasteiger partial charge on any atom is -0.380 e. The van der Waals surface area contributed by atoms with Gasteiger partial charge < -0.3 is 14.2 Å². The van der Waals surface area contributed by atoms with Gasteiger partial charge in [-0.1, -0.05) is 11.3 Å². The van der Waals surface area contributed by atoms with Crippen molar-refractivity contribution in [1.29, 1.82) is 0 Å². The first kappa shape index (κ1) is 24.4. The van der Waals surface area contributed by atoms with Crippen molar-refractivity contribution in [3.63, 3.8) is 0 Å². The van der Waals surface area contributed by atoms with E-state index in [-0.39, 0.29) is 35.0 Å². The fraction of sp³-hybridized carbons (Fsp3) is 0.571. The molecule has 9 nitrogen and oxygen atoms in total. The van der Waals surface area contributed by atoms with Crippen LogP contribution in [0.4, 0.5) is 5.69 Å². The Bertz CT molecular complexity index is 1050. The third-order valence-electron chi connectivity index (χ3n) is 5.34. The van der Waals surface area contributed by atoms with Gasteiger partial charge in [0.05, 0.1) is 33.3 Å². The summed E-state index contributed by atoms with van der Waals surface area (Å²) in [6.45, 7) is 6.24. The van der Waals surface area contributed by atoms with E-state index >= 15 is 0 Å². The van der Waals surface area contributed by atoms with Gasteiger partial charge in [0.15, 0.2) is 4.80 Å². The summed E-state index contributed by atoms with van der Waals surface area (Å²) in [5.74, 6) is 0.0965. The van der Waals surface area contributed by atoms with Crippen LogP contribution in [0.1, 0.15) is 33.1 Å². The number of nitrogens with zero attached hydrogens (tertiary/aromatic N) is 4. The quantitative estimate of drug-likeness (QED) is 0.310. The molecule has 1 aromatic heterocycles. The van der Waals surface area contributed by atoms with E-state index in [4.69, 9.17) is 4.74 Å². The predicted octanol–water partition coefficient (Wildman–Crippen LogP) is 3.21. The van der Waals surface area contributed by atoms with Crippen molar-refractivity contribution in [2.75, 3.05) is 31.3 Å². The van der Waals surface area contributed by atoms with E-state index in [1.54, 1.807) is 6.07 Å². The third-order valence-corrected chi connectivity index (χ3v) is 7.28. The number of nitro groups is 1. The number of thiazole rings is 1. The molecule has 1 aromatic carbocycles. The highest BCUT2D eigenvalue weighted by atomic mass is 32.2. The number of piperidine rings is 1. The Hall–Kier alpha value is -2.24. The number of aromatic nitrogens is 1. The zero-order chi connectivity index (χ0) is 23.1. The van der Waals surface area contributed by atoms with E-state index in [2.05, 4.69) is 11.9 Å². The number of nitro benzene ring substituents is 1. The molecule has 0 N–H and O–H groups in total. The summed E-state index contributed by atoms with van der Waals surface area (Å²) in [6.07, 6.45) is 3.20. The fourth-order valence-electron chi connectivity index (χ4n) is 3.69. The van der Waals surface area contributed by atoms with Crippen molar-refractivity contribution in [3.8, 4) is 0 Å². The van der Waals surface area contributed by atoms with Crippen LogP contribution in [0.2, 0.25) is 0 Å². The van der Waals surface area contributed by atoms with Crippen molar-refractivity contribution in [1.82, 2.24) is 9.47 Å². The fourth-order valence-corrected chi connectivity index (χ4v) is 5.48. The lowest BCUT2D eigenvalue weighted by molar-refractivity contribution is -0.384. The van der Waals surface area contributed by atoms with Gasteiger partial charge in [0, 0.05) is 37.9 Å². The van der Waals surface area contributed by atoms with Crippen LogP contribution in [-0.2, 0) is 20.9 Å². The predicted molar refractivity (Wildman–Crippen MR) is 126 cm³/mol. The average molecular weight is 481 g/mol. The number of thioether (sulfide) groups is 1. The van der Waals surface area contributed by atoms with Gasteiger partial charge in [-0.2, -0.15) is 4.99 Å². The molecule has 2 aromatic rings. The second-order valence-electron chi connectivity index (χ2n) is 7.57. The van der Waals surface area contributed by atoms with Crippen molar-refractivity contribution in [2.45, 2.75) is 45.7 Å². The van der Waals surface area contributed by atoms with Gasteiger partial charge in [0.25, 0.3) is 11.6 Å². The summed E-state index contributed by atoms with van der Waals surface area (Å²) in [4.78, 5) is 42.2. The molecule has 1 aliphatic heterocycles. The number of hydrogen-bond donors (Lipinski definition) is 0. The van der Waals surface area contributed by atoms with Crippen LogP contribution in [0.5, 0.6) is 0 Å². The Morgan fingerprint density at radius 2 is 2.16 bits per heavy atom. The zero-order valence-electron chi connectivity index (χ0n) is 18.3. The molecule has 2 heterocycles. The molecule has 0 radical (unpaired) electrons. The van der Waals surface area contributed by atoms with Gasteiger partial charge in [-0.05, 0) is 39.2 Å². The van der Waals surface area contributed by atoms with Crippen LogP contribution < -0.4 is 4.80 Å². The second kappa shape index (κ2) is 11.6. The number of non-ortho nitro benzene ring substituents is 1. The molecular weight excluding hydrogens is 452 g/mol. The highest BCUT2D eigenvalue weighted by Gasteiger charge is 2.23. The molecule has 174 valence electrons. The maximum absolute atomic E-state index is 12.5. The molecule has 1 saturated heterocycles. The first-order valence-electron chi connectivity index (χ1n) is 10.7. The molecule has 1 unspecified atom stereocenters. The van der Waals surface area contributed by atoms with Crippen LogP contribution in [0.25, 0.3) is 10.2 Å². The average Bonchev–Trinajstić information content (AvgIpc) is 3.10. The zero-order valence-corrected chi connectivity index (χ0v) is 20.0. The van der Waals surface area contributed by atoms with E-state index in [0.717, 1.165) is 31.3 Å². The van der Waals surface area contributed by atoms with Crippen molar-refractivity contribution >= 4 is 50.8 Å². The van der Waals surface area contributed by atoms with E-state index in [1.165, 1.54) is 35.2 Å². The molecule has 0 saturated carbocycles. The van der Waals surface area contributed by atoms with Crippen LogP contribution in [0, 0.1) is 10.1 Å². The second-order valence-corrected chi connectivity index (χ2v) is 9.57. The highest BCUT2D eigenvalue weighted by Crippen LogP contribution is 2.23. The number of likely N-dealkylation sites (tertiary alicyclic amines) is 1. The normalized spacial score (nSPS) is 17.1. The molecular formula is C21H28N4O5S2. The summed E-state index contributed by atoms with van der Waals surface area (Å²) >= 11 is 2.51. The summed E-state index contributed by atoms with van der Waals surface area (Å²) in [7, 11) is 0.